The quantitative estimate of drug-likeness (QED) is 0.740. The van der Waals surface area contributed by atoms with E-state index < -0.39 is 5.41 Å². The molecule has 4 rings (SSSR count). The molecular formula is C22H28N4O2. The van der Waals surface area contributed by atoms with Crippen LogP contribution >= 0.6 is 0 Å². The lowest BCUT2D eigenvalue weighted by Gasteiger charge is -2.31. The van der Waals surface area contributed by atoms with Crippen molar-refractivity contribution in [2.45, 2.75) is 46.5 Å². The lowest BCUT2D eigenvalue weighted by molar-refractivity contribution is -0.156. The molecule has 0 bridgehead atoms. The van der Waals surface area contributed by atoms with Gasteiger partial charge in [0.2, 0.25) is 0 Å². The molecule has 0 N–H and O–H groups in total. The normalized spacial score (nSPS) is 21.2. The first-order valence-electron chi connectivity index (χ1n) is 10.3. The third kappa shape index (κ3) is 3.15. The molecular weight excluding hydrogens is 352 g/mol. The maximum Gasteiger partial charge on any atom is 0.314 e. The predicted molar refractivity (Wildman–Crippen MR) is 108 cm³/mol. The summed E-state index contributed by atoms with van der Waals surface area (Å²) in [6, 6.07) is 5.80. The molecule has 2 aromatic heterocycles. The highest BCUT2D eigenvalue weighted by Gasteiger charge is 2.49. The first-order chi connectivity index (χ1) is 13.5. The van der Waals surface area contributed by atoms with Crippen molar-refractivity contribution in [3.63, 3.8) is 0 Å². The van der Waals surface area contributed by atoms with Crippen LogP contribution in [0.3, 0.4) is 0 Å². The summed E-state index contributed by atoms with van der Waals surface area (Å²) in [6.45, 7) is 7.97. The Kier molecular flexibility index (Phi) is 5.04. The SMILES string of the molecule is CCOC(=O)C1(C(C)C)CCN(c2nc(-c3ccccn3)nc3c2CCC3)C1. The van der Waals surface area contributed by atoms with Crippen molar-refractivity contribution in [2.75, 3.05) is 24.6 Å². The number of carbonyl (C=O) groups is 1. The molecule has 1 saturated heterocycles. The largest absolute Gasteiger partial charge is 0.466 e. The van der Waals surface area contributed by atoms with Crippen LogP contribution in [0, 0.1) is 11.3 Å². The molecule has 2 aromatic rings. The van der Waals surface area contributed by atoms with E-state index in [1.165, 1.54) is 5.56 Å². The third-order valence-electron chi connectivity index (χ3n) is 6.19. The minimum absolute atomic E-state index is 0.0804. The zero-order valence-corrected chi connectivity index (χ0v) is 16.9. The highest BCUT2D eigenvalue weighted by molar-refractivity contribution is 5.79. The maximum absolute atomic E-state index is 12.8. The molecule has 1 atom stereocenters. The van der Waals surface area contributed by atoms with E-state index in [-0.39, 0.29) is 11.9 Å². The Bertz CT molecular complexity index is 868. The van der Waals surface area contributed by atoms with E-state index in [0.717, 1.165) is 49.4 Å². The molecule has 148 valence electrons. The predicted octanol–water partition coefficient (Wildman–Crippen LogP) is 3.44. The molecule has 0 saturated carbocycles. The number of hydrogen-bond donors (Lipinski definition) is 0. The van der Waals surface area contributed by atoms with E-state index in [1.54, 1.807) is 6.20 Å². The van der Waals surface area contributed by atoms with Gasteiger partial charge >= 0.3 is 5.97 Å². The third-order valence-corrected chi connectivity index (χ3v) is 6.19. The van der Waals surface area contributed by atoms with Gasteiger partial charge in [-0.3, -0.25) is 9.78 Å². The van der Waals surface area contributed by atoms with Crippen LogP contribution in [-0.2, 0) is 22.4 Å². The summed E-state index contributed by atoms with van der Waals surface area (Å²) in [7, 11) is 0. The molecule has 3 heterocycles. The molecule has 1 aliphatic carbocycles. The minimum atomic E-state index is -0.475. The van der Waals surface area contributed by atoms with E-state index in [0.29, 0.717) is 19.0 Å². The van der Waals surface area contributed by atoms with Crippen molar-refractivity contribution in [1.82, 2.24) is 15.0 Å². The van der Waals surface area contributed by atoms with Crippen LogP contribution in [0.15, 0.2) is 24.4 Å². The summed E-state index contributed by atoms with van der Waals surface area (Å²) >= 11 is 0. The number of rotatable bonds is 5. The van der Waals surface area contributed by atoms with Crippen molar-refractivity contribution < 1.29 is 9.53 Å². The van der Waals surface area contributed by atoms with Crippen molar-refractivity contribution in [3.05, 3.63) is 35.7 Å². The van der Waals surface area contributed by atoms with Crippen LogP contribution < -0.4 is 4.90 Å². The topological polar surface area (TPSA) is 68.2 Å². The highest BCUT2D eigenvalue weighted by Crippen LogP contribution is 2.42. The maximum atomic E-state index is 12.8. The Labute approximate surface area is 166 Å². The molecule has 1 aliphatic heterocycles. The molecule has 1 unspecified atom stereocenters. The van der Waals surface area contributed by atoms with Gasteiger partial charge in [-0.15, -0.1) is 0 Å². The number of nitrogens with zero attached hydrogens (tertiary/aromatic N) is 4. The van der Waals surface area contributed by atoms with Crippen molar-refractivity contribution in [1.29, 1.82) is 0 Å². The number of aryl methyl sites for hydroxylation is 1. The van der Waals surface area contributed by atoms with E-state index >= 15 is 0 Å². The number of fused-ring (bicyclic) bond motifs is 1. The average molecular weight is 380 g/mol. The fourth-order valence-electron chi connectivity index (χ4n) is 4.45. The Balaban J connectivity index is 1.72. The smallest absolute Gasteiger partial charge is 0.314 e. The molecule has 2 aliphatic rings. The second-order valence-electron chi connectivity index (χ2n) is 8.07. The zero-order valence-electron chi connectivity index (χ0n) is 16.9. The number of anilines is 1. The van der Waals surface area contributed by atoms with Crippen LogP contribution in [-0.4, -0.2) is 40.6 Å². The Hall–Kier alpha value is -2.50. The van der Waals surface area contributed by atoms with Gasteiger partial charge in [-0.2, -0.15) is 0 Å². The van der Waals surface area contributed by atoms with Gasteiger partial charge in [0.15, 0.2) is 5.82 Å². The van der Waals surface area contributed by atoms with Crippen molar-refractivity contribution >= 4 is 11.8 Å². The first-order valence-corrected chi connectivity index (χ1v) is 10.3. The second-order valence-corrected chi connectivity index (χ2v) is 8.07. The number of pyridine rings is 1. The van der Waals surface area contributed by atoms with Gasteiger partial charge in [0, 0.05) is 30.5 Å². The molecule has 0 amide bonds. The van der Waals surface area contributed by atoms with Crippen LogP contribution in [0.25, 0.3) is 11.5 Å². The van der Waals surface area contributed by atoms with Crippen LogP contribution in [0.2, 0.25) is 0 Å². The molecule has 1 fully saturated rings. The van der Waals surface area contributed by atoms with Crippen LogP contribution in [0.5, 0.6) is 0 Å². The molecule has 6 heteroatoms. The number of carbonyl (C=O) groups excluding carboxylic acids is 1. The molecule has 0 spiro atoms. The fourth-order valence-corrected chi connectivity index (χ4v) is 4.45. The summed E-state index contributed by atoms with van der Waals surface area (Å²) in [5.74, 6) is 1.79. The molecule has 28 heavy (non-hydrogen) atoms. The summed E-state index contributed by atoms with van der Waals surface area (Å²) in [5.41, 5.74) is 2.68. The fraction of sp³-hybridized carbons (Fsp3) is 0.545. The lowest BCUT2D eigenvalue weighted by atomic mass is 9.76. The van der Waals surface area contributed by atoms with Gasteiger partial charge in [-0.25, -0.2) is 9.97 Å². The van der Waals surface area contributed by atoms with E-state index in [9.17, 15) is 4.79 Å². The monoisotopic (exact) mass is 380 g/mol. The van der Waals surface area contributed by atoms with Gasteiger partial charge in [0.05, 0.1) is 12.0 Å². The van der Waals surface area contributed by atoms with Crippen LogP contribution in [0.4, 0.5) is 5.82 Å². The second kappa shape index (κ2) is 7.49. The highest BCUT2D eigenvalue weighted by atomic mass is 16.5. The van der Waals surface area contributed by atoms with Gasteiger partial charge in [-0.1, -0.05) is 19.9 Å². The summed E-state index contributed by atoms with van der Waals surface area (Å²) in [6.07, 6.45) is 5.64. The first kappa shape index (κ1) is 18.8. The average Bonchev–Trinajstić information content (AvgIpc) is 3.36. The molecule has 0 radical (unpaired) electrons. The Morgan fingerprint density at radius 2 is 2.14 bits per heavy atom. The van der Waals surface area contributed by atoms with Crippen molar-refractivity contribution in [3.8, 4) is 11.5 Å². The van der Waals surface area contributed by atoms with Gasteiger partial charge in [-0.05, 0) is 50.7 Å². The van der Waals surface area contributed by atoms with Crippen molar-refractivity contribution in [2.24, 2.45) is 11.3 Å². The number of aromatic nitrogens is 3. The molecule has 6 nitrogen and oxygen atoms in total. The van der Waals surface area contributed by atoms with Gasteiger partial charge < -0.3 is 9.64 Å². The van der Waals surface area contributed by atoms with E-state index in [1.807, 2.05) is 25.1 Å². The van der Waals surface area contributed by atoms with Crippen LogP contribution in [0.1, 0.15) is 44.9 Å². The van der Waals surface area contributed by atoms with Gasteiger partial charge in [0.1, 0.15) is 11.5 Å². The lowest BCUT2D eigenvalue weighted by Crippen LogP contribution is -2.41. The minimum Gasteiger partial charge on any atom is -0.466 e. The zero-order chi connectivity index (χ0) is 19.7. The Morgan fingerprint density at radius 1 is 1.29 bits per heavy atom. The summed E-state index contributed by atoms with van der Waals surface area (Å²) in [5, 5.41) is 0. The summed E-state index contributed by atoms with van der Waals surface area (Å²) in [4.78, 5) is 29.2. The van der Waals surface area contributed by atoms with Gasteiger partial charge in [0.25, 0.3) is 0 Å². The Morgan fingerprint density at radius 3 is 2.86 bits per heavy atom. The van der Waals surface area contributed by atoms with E-state index in [2.05, 4.69) is 23.7 Å². The summed E-state index contributed by atoms with van der Waals surface area (Å²) < 4.78 is 5.45. The number of ether oxygens (including phenoxy) is 1. The standard InChI is InChI=1S/C22H28N4O2/c1-4-28-21(27)22(15(2)3)11-13-26(14-22)20-16-8-7-10-17(16)24-19(25-20)18-9-5-6-12-23-18/h5-6,9,12,15H,4,7-8,10-11,13-14H2,1-3H3. The molecule has 0 aromatic carbocycles. The number of hydrogen-bond acceptors (Lipinski definition) is 6. The number of esters is 1. The van der Waals surface area contributed by atoms with E-state index in [4.69, 9.17) is 14.7 Å².